The molecule has 1 aromatic heterocycles. The quantitative estimate of drug-likeness (QED) is 0.753. The summed E-state index contributed by atoms with van der Waals surface area (Å²) in [4.78, 5) is 21.6. The fourth-order valence-electron chi connectivity index (χ4n) is 3.33. The van der Waals surface area contributed by atoms with Gasteiger partial charge in [-0.05, 0) is 19.4 Å². The lowest BCUT2D eigenvalue weighted by atomic mass is 10.1. The molecule has 2 aromatic rings. The molecule has 116 valence electrons. The molecule has 0 radical (unpaired) electrons. The number of H-pyrrole nitrogens is 1. The predicted molar refractivity (Wildman–Crippen MR) is 84.3 cm³/mol. The van der Waals surface area contributed by atoms with Crippen LogP contribution in [0.5, 0.6) is 5.75 Å². The maximum absolute atomic E-state index is 11.8. The lowest BCUT2D eigenvalue weighted by Crippen LogP contribution is -2.51. The number of aromatic nitrogens is 2. The Labute approximate surface area is 128 Å². The van der Waals surface area contributed by atoms with Crippen molar-refractivity contribution in [2.24, 2.45) is 0 Å². The number of nitrogens with one attached hydrogen (secondary N) is 2. The van der Waals surface area contributed by atoms with Crippen LogP contribution in [0.15, 0.2) is 16.9 Å². The fourth-order valence-corrected chi connectivity index (χ4v) is 3.33. The van der Waals surface area contributed by atoms with Crippen LogP contribution in [0, 0.1) is 6.92 Å². The van der Waals surface area contributed by atoms with Crippen LogP contribution >= 0.6 is 0 Å². The van der Waals surface area contributed by atoms with Crippen LogP contribution < -0.4 is 15.6 Å². The summed E-state index contributed by atoms with van der Waals surface area (Å²) in [7, 11) is 0. The summed E-state index contributed by atoms with van der Waals surface area (Å²) in [6.07, 6.45) is 1.03. The van der Waals surface area contributed by atoms with E-state index in [-0.39, 0.29) is 5.56 Å². The van der Waals surface area contributed by atoms with E-state index in [0.29, 0.717) is 18.3 Å². The molecule has 0 aliphatic carbocycles. The molecule has 2 aliphatic heterocycles. The zero-order valence-corrected chi connectivity index (χ0v) is 12.7. The van der Waals surface area contributed by atoms with Crippen molar-refractivity contribution in [1.29, 1.82) is 0 Å². The molecule has 4 rings (SSSR count). The number of aryl methyl sites for hydroxylation is 1. The monoisotopic (exact) mass is 300 g/mol. The van der Waals surface area contributed by atoms with Crippen molar-refractivity contribution in [1.82, 2.24) is 20.2 Å². The van der Waals surface area contributed by atoms with Gasteiger partial charge < -0.3 is 15.0 Å². The highest BCUT2D eigenvalue weighted by atomic mass is 16.5. The fraction of sp³-hybridized carbons (Fsp3) is 0.500. The van der Waals surface area contributed by atoms with Crippen LogP contribution in [0.2, 0.25) is 0 Å². The first-order valence-electron chi connectivity index (χ1n) is 7.82. The molecule has 1 saturated heterocycles. The van der Waals surface area contributed by atoms with Crippen molar-refractivity contribution in [2.75, 3.05) is 26.2 Å². The molecule has 1 atom stereocenters. The van der Waals surface area contributed by atoms with Gasteiger partial charge in [0.25, 0.3) is 5.56 Å². The van der Waals surface area contributed by atoms with Gasteiger partial charge in [0.05, 0.1) is 17.6 Å². The first-order chi connectivity index (χ1) is 10.7. The Morgan fingerprint density at radius 3 is 3.23 bits per heavy atom. The van der Waals surface area contributed by atoms with Gasteiger partial charge in [-0.3, -0.25) is 9.69 Å². The van der Waals surface area contributed by atoms with E-state index in [1.54, 1.807) is 6.92 Å². The predicted octanol–water partition coefficient (Wildman–Crippen LogP) is 0.788. The van der Waals surface area contributed by atoms with Crippen LogP contribution in [0.1, 0.15) is 17.7 Å². The number of piperazine rings is 1. The van der Waals surface area contributed by atoms with Crippen molar-refractivity contribution in [3.05, 3.63) is 33.7 Å². The van der Waals surface area contributed by atoms with E-state index in [4.69, 9.17) is 4.74 Å². The highest BCUT2D eigenvalue weighted by Crippen LogP contribution is 2.28. The Morgan fingerprint density at radius 2 is 2.32 bits per heavy atom. The molecule has 2 aliphatic rings. The van der Waals surface area contributed by atoms with E-state index < -0.39 is 0 Å². The lowest BCUT2D eigenvalue weighted by molar-refractivity contribution is 0.115. The van der Waals surface area contributed by atoms with Gasteiger partial charge in [-0.2, -0.15) is 0 Å². The smallest absolute Gasteiger partial charge is 0.269 e. The summed E-state index contributed by atoms with van der Waals surface area (Å²) < 4.78 is 5.97. The molecular formula is C16H20N4O2. The zero-order valence-electron chi connectivity index (χ0n) is 12.7. The van der Waals surface area contributed by atoms with Gasteiger partial charge in [0.1, 0.15) is 11.4 Å². The number of benzene rings is 1. The molecule has 0 spiro atoms. The van der Waals surface area contributed by atoms with Gasteiger partial charge >= 0.3 is 0 Å². The van der Waals surface area contributed by atoms with Gasteiger partial charge in [0, 0.05) is 43.9 Å². The average Bonchev–Trinajstić information content (AvgIpc) is 2.49. The van der Waals surface area contributed by atoms with Crippen molar-refractivity contribution in [2.45, 2.75) is 25.9 Å². The molecule has 0 bridgehead atoms. The average molecular weight is 300 g/mol. The molecule has 0 amide bonds. The highest BCUT2D eigenvalue weighted by molar-refractivity contribution is 5.77. The minimum atomic E-state index is -0.126. The summed E-state index contributed by atoms with van der Waals surface area (Å²) in [5.41, 5.74) is 3.05. The minimum absolute atomic E-state index is 0.126. The molecule has 0 saturated carbocycles. The second kappa shape index (κ2) is 5.37. The topological polar surface area (TPSA) is 70.2 Å². The normalized spacial score (nSPS) is 22.3. The van der Waals surface area contributed by atoms with Gasteiger partial charge in [-0.15, -0.1) is 0 Å². The third kappa shape index (κ3) is 2.38. The Kier molecular flexibility index (Phi) is 3.35. The number of rotatable bonds is 0. The van der Waals surface area contributed by atoms with Crippen molar-refractivity contribution in [3.8, 4) is 5.75 Å². The van der Waals surface area contributed by atoms with E-state index in [2.05, 4.69) is 20.2 Å². The second-order valence-corrected chi connectivity index (χ2v) is 6.09. The van der Waals surface area contributed by atoms with Crippen LogP contribution in [0.3, 0.4) is 0 Å². The second-order valence-electron chi connectivity index (χ2n) is 6.09. The largest absolute Gasteiger partial charge is 0.493 e. The van der Waals surface area contributed by atoms with Gasteiger partial charge in [0.15, 0.2) is 0 Å². The Balaban J connectivity index is 1.79. The van der Waals surface area contributed by atoms with Gasteiger partial charge in [0.2, 0.25) is 0 Å². The zero-order chi connectivity index (χ0) is 15.1. The summed E-state index contributed by atoms with van der Waals surface area (Å²) in [5.74, 6) is 0.892. The molecular weight excluding hydrogens is 280 g/mol. The standard InChI is InChI=1S/C16H20N4O2/c1-10-16(21)19-13-6-11-9-20-4-3-17-8-12(20)2-5-22-15(11)7-14(13)18-10/h6-7,12,17H,2-5,8-9H2,1H3,(H,19,21). The number of fused-ring (bicyclic) bond motifs is 3. The number of ether oxygens (including phenoxy) is 1. The Bertz CT molecular complexity index is 771. The summed E-state index contributed by atoms with van der Waals surface area (Å²) in [6.45, 7) is 6.38. The Hall–Kier alpha value is -1.92. The minimum Gasteiger partial charge on any atom is -0.493 e. The lowest BCUT2D eigenvalue weighted by Gasteiger charge is -2.38. The molecule has 3 heterocycles. The van der Waals surface area contributed by atoms with Crippen LogP contribution in [-0.2, 0) is 6.54 Å². The van der Waals surface area contributed by atoms with Crippen molar-refractivity contribution in [3.63, 3.8) is 0 Å². The number of nitrogens with zero attached hydrogens (tertiary/aromatic N) is 2. The SMILES string of the molecule is Cc1nc2cc3c(cc2[nH]c1=O)CN1CCNCC1CCO3. The molecule has 1 unspecified atom stereocenters. The third-order valence-corrected chi connectivity index (χ3v) is 4.60. The van der Waals surface area contributed by atoms with Crippen LogP contribution in [-0.4, -0.2) is 47.2 Å². The summed E-state index contributed by atoms with van der Waals surface area (Å²) in [5, 5.41) is 3.44. The highest BCUT2D eigenvalue weighted by Gasteiger charge is 2.25. The summed E-state index contributed by atoms with van der Waals surface area (Å²) in [6, 6.07) is 4.49. The third-order valence-electron chi connectivity index (χ3n) is 4.60. The van der Waals surface area contributed by atoms with Crippen molar-refractivity contribution >= 4 is 11.0 Å². The first-order valence-corrected chi connectivity index (χ1v) is 7.82. The number of hydrogen-bond acceptors (Lipinski definition) is 5. The molecule has 6 heteroatoms. The van der Waals surface area contributed by atoms with Crippen LogP contribution in [0.25, 0.3) is 11.0 Å². The van der Waals surface area contributed by atoms with E-state index >= 15 is 0 Å². The molecule has 2 N–H and O–H groups in total. The molecule has 6 nitrogen and oxygen atoms in total. The van der Waals surface area contributed by atoms with E-state index in [1.165, 1.54) is 0 Å². The molecule has 22 heavy (non-hydrogen) atoms. The van der Waals surface area contributed by atoms with Gasteiger partial charge in [-0.1, -0.05) is 0 Å². The van der Waals surface area contributed by atoms with E-state index in [0.717, 1.165) is 54.9 Å². The summed E-state index contributed by atoms with van der Waals surface area (Å²) >= 11 is 0. The molecule has 1 aromatic carbocycles. The first kappa shape index (κ1) is 13.7. The maximum Gasteiger partial charge on any atom is 0.269 e. The van der Waals surface area contributed by atoms with Crippen molar-refractivity contribution < 1.29 is 4.74 Å². The van der Waals surface area contributed by atoms with E-state index in [1.807, 2.05) is 12.1 Å². The molecule has 1 fully saturated rings. The number of hydrogen-bond donors (Lipinski definition) is 2. The van der Waals surface area contributed by atoms with Gasteiger partial charge in [-0.25, -0.2) is 4.98 Å². The maximum atomic E-state index is 11.8. The Morgan fingerprint density at radius 1 is 1.41 bits per heavy atom. The van der Waals surface area contributed by atoms with E-state index in [9.17, 15) is 4.79 Å². The number of aromatic amines is 1. The van der Waals surface area contributed by atoms with Crippen LogP contribution in [0.4, 0.5) is 0 Å².